The second-order valence-corrected chi connectivity index (χ2v) is 7.15. The van der Waals surface area contributed by atoms with Crippen molar-refractivity contribution >= 4 is 17.5 Å². The molecule has 4 rings (SSSR count). The number of likely N-dealkylation sites (N-methyl/N-ethyl adjacent to an activating group) is 1. The molecule has 1 atom stereocenters. The summed E-state index contributed by atoms with van der Waals surface area (Å²) < 4.78 is 11.8. The van der Waals surface area contributed by atoms with Crippen LogP contribution in [-0.4, -0.2) is 24.8 Å². The Kier molecular flexibility index (Phi) is 3.31. The van der Waals surface area contributed by atoms with Gasteiger partial charge in [0.1, 0.15) is 5.75 Å². The van der Waals surface area contributed by atoms with E-state index < -0.39 is 16.1 Å². The van der Waals surface area contributed by atoms with Crippen molar-refractivity contribution in [2.24, 2.45) is 0 Å². The maximum Gasteiger partial charge on any atom is 0.311 e. The lowest BCUT2D eigenvalue weighted by molar-refractivity contribution is -0.386. The van der Waals surface area contributed by atoms with Crippen molar-refractivity contribution in [2.75, 3.05) is 19.1 Å². The van der Waals surface area contributed by atoms with Crippen molar-refractivity contribution in [1.29, 1.82) is 0 Å². The SMILES string of the molecule is COc1ccc2c(c1)C(C)(C)C1(C=Cc3cccc([N+](=O)[O-])c3O1)N2C. The monoisotopic (exact) mass is 352 g/mol. The number of benzene rings is 2. The molecule has 6 heteroatoms. The summed E-state index contributed by atoms with van der Waals surface area (Å²) in [5, 5.41) is 11.5. The first-order valence-corrected chi connectivity index (χ1v) is 8.40. The standard InChI is InChI=1S/C20H20N2O4/c1-19(2)15-12-14(25-4)8-9-16(15)21(3)20(19)11-10-13-6-5-7-17(22(23)24)18(13)26-20/h5-12H,1-4H3. The molecule has 2 aromatic rings. The maximum absolute atomic E-state index is 11.5. The molecule has 26 heavy (non-hydrogen) atoms. The second-order valence-electron chi connectivity index (χ2n) is 7.15. The van der Waals surface area contributed by atoms with Crippen molar-refractivity contribution in [3.63, 3.8) is 0 Å². The van der Waals surface area contributed by atoms with Crippen LogP contribution < -0.4 is 14.4 Å². The van der Waals surface area contributed by atoms with Gasteiger partial charge in [0.15, 0.2) is 0 Å². The summed E-state index contributed by atoms with van der Waals surface area (Å²) in [5.74, 6) is 1.08. The third-order valence-corrected chi connectivity index (χ3v) is 5.60. The molecular formula is C20H20N2O4. The number of ether oxygens (including phenoxy) is 2. The molecule has 0 radical (unpaired) electrons. The Labute approximate surface area is 151 Å². The molecule has 0 fully saturated rings. The molecule has 134 valence electrons. The number of para-hydroxylation sites is 1. The fourth-order valence-electron chi connectivity index (χ4n) is 4.06. The first-order chi connectivity index (χ1) is 12.3. The number of anilines is 1. The summed E-state index contributed by atoms with van der Waals surface area (Å²) in [6.45, 7) is 4.16. The lowest BCUT2D eigenvalue weighted by atomic mass is 9.76. The average molecular weight is 352 g/mol. The largest absolute Gasteiger partial charge is 0.497 e. The van der Waals surface area contributed by atoms with E-state index in [1.165, 1.54) is 6.07 Å². The van der Waals surface area contributed by atoms with Gasteiger partial charge in [-0.1, -0.05) is 12.1 Å². The predicted molar refractivity (Wildman–Crippen MR) is 99.9 cm³/mol. The number of nitrogens with zero attached hydrogens (tertiary/aromatic N) is 2. The van der Waals surface area contributed by atoms with Crippen LogP contribution in [0.15, 0.2) is 42.5 Å². The number of rotatable bonds is 2. The van der Waals surface area contributed by atoms with E-state index in [9.17, 15) is 10.1 Å². The molecule has 2 heterocycles. The Hall–Kier alpha value is -3.02. The minimum Gasteiger partial charge on any atom is -0.497 e. The van der Waals surface area contributed by atoms with Crippen LogP contribution in [0, 0.1) is 10.1 Å². The first kappa shape index (κ1) is 16.4. The Morgan fingerprint density at radius 2 is 2.00 bits per heavy atom. The highest BCUT2D eigenvalue weighted by Gasteiger charge is 2.58. The maximum atomic E-state index is 11.5. The van der Waals surface area contributed by atoms with E-state index in [4.69, 9.17) is 9.47 Å². The molecule has 0 aliphatic carbocycles. The third-order valence-electron chi connectivity index (χ3n) is 5.60. The summed E-state index contributed by atoms with van der Waals surface area (Å²) in [6, 6.07) is 10.9. The van der Waals surface area contributed by atoms with E-state index in [0.29, 0.717) is 11.3 Å². The fourth-order valence-corrected chi connectivity index (χ4v) is 4.06. The lowest BCUT2D eigenvalue weighted by Crippen LogP contribution is -2.58. The van der Waals surface area contributed by atoms with Gasteiger partial charge in [0.05, 0.1) is 17.4 Å². The number of fused-ring (bicyclic) bond motifs is 2. The Morgan fingerprint density at radius 1 is 1.23 bits per heavy atom. The summed E-state index contributed by atoms with van der Waals surface area (Å²) >= 11 is 0. The summed E-state index contributed by atoms with van der Waals surface area (Å²) in [7, 11) is 3.59. The number of methoxy groups -OCH3 is 1. The van der Waals surface area contributed by atoms with Crippen LogP contribution in [-0.2, 0) is 5.41 Å². The molecule has 0 bridgehead atoms. The molecule has 2 aliphatic rings. The van der Waals surface area contributed by atoms with E-state index in [1.807, 2.05) is 48.4 Å². The second kappa shape index (κ2) is 5.24. The van der Waals surface area contributed by atoms with Crippen molar-refractivity contribution in [2.45, 2.75) is 25.0 Å². The normalized spacial score (nSPS) is 21.9. The minimum atomic E-state index is -0.860. The molecule has 2 aromatic carbocycles. The average Bonchev–Trinajstić information content (AvgIpc) is 2.79. The fraction of sp³-hybridized carbons (Fsp3) is 0.300. The molecule has 1 unspecified atom stereocenters. The molecule has 6 nitrogen and oxygen atoms in total. The van der Waals surface area contributed by atoms with Gasteiger partial charge in [0, 0.05) is 24.4 Å². The Balaban J connectivity index is 1.90. The number of hydrogen-bond acceptors (Lipinski definition) is 5. The molecule has 2 aliphatic heterocycles. The van der Waals surface area contributed by atoms with Crippen molar-refractivity contribution in [3.05, 3.63) is 63.7 Å². The zero-order valence-corrected chi connectivity index (χ0v) is 15.1. The highest BCUT2D eigenvalue weighted by Crippen LogP contribution is 2.55. The highest BCUT2D eigenvalue weighted by molar-refractivity contribution is 5.75. The predicted octanol–water partition coefficient (Wildman–Crippen LogP) is 4.13. The minimum absolute atomic E-state index is 0.0241. The third kappa shape index (κ3) is 1.92. The van der Waals surface area contributed by atoms with Crippen LogP contribution in [0.1, 0.15) is 25.0 Å². The van der Waals surface area contributed by atoms with Gasteiger partial charge in [-0.2, -0.15) is 0 Å². The lowest BCUT2D eigenvalue weighted by Gasteiger charge is -2.45. The van der Waals surface area contributed by atoms with E-state index in [-0.39, 0.29) is 5.69 Å². The van der Waals surface area contributed by atoms with E-state index >= 15 is 0 Å². The number of hydrogen-bond donors (Lipinski definition) is 0. The van der Waals surface area contributed by atoms with Crippen molar-refractivity contribution < 1.29 is 14.4 Å². The quantitative estimate of drug-likeness (QED) is 0.600. The van der Waals surface area contributed by atoms with Gasteiger partial charge < -0.3 is 14.4 Å². The zero-order valence-electron chi connectivity index (χ0n) is 15.1. The summed E-state index contributed by atoms with van der Waals surface area (Å²) in [4.78, 5) is 13.1. The van der Waals surface area contributed by atoms with Crippen LogP contribution in [0.3, 0.4) is 0 Å². The Bertz CT molecular complexity index is 951. The van der Waals surface area contributed by atoms with Gasteiger partial charge in [-0.25, -0.2) is 0 Å². The first-order valence-electron chi connectivity index (χ1n) is 8.40. The smallest absolute Gasteiger partial charge is 0.311 e. The number of nitro benzene ring substituents is 1. The van der Waals surface area contributed by atoms with Crippen LogP contribution in [0.2, 0.25) is 0 Å². The molecule has 0 aromatic heterocycles. The van der Waals surface area contributed by atoms with Gasteiger partial charge >= 0.3 is 5.69 Å². The van der Waals surface area contributed by atoms with Crippen LogP contribution in [0.4, 0.5) is 11.4 Å². The molecule has 0 saturated heterocycles. The molecule has 1 spiro atoms. The van der Waals surface area contributed by atoms with E-state index in [1.54, 1.807) is 13.2 Å². The van der Waals surface area contributed by atoms with Gasteiger partial charge in [-0.15, -0.1) is 0 Å². The van der Waals surface area contributed by atoms with Crippen LogP contribution in [0.5, 0.6) is 11.5 Å². The van der Waals surface area contributed by atoms with E-state index in [2.05, 4.69) is 13.8 Å². The van der Waals surface area contributed by atoms with Crippen molar-refractivity contribution in [3.8, 4) is 11.5 Å². The number of nitro groups is 1. The van der Waals surface area contributed by atoms with Gasteiger partial charge in [0.2, 0.25) is 11.5 Å². The van der Waals surface area contributed by atoms with Crippen LogP contribution in [0.25, 0.3) is 6.08 Å². The van der Waals surface area contributed by atoms with Gasteiger partial charge in [-0.3, -0.25) is 10.1 Å². The van der Waals surface area contributed by atoms with Gasteiger partial charge in [-0.05, 0) is 49.8 Å². The summed E-state index contributed by atoms with van der Waals surface area (Å²) in [6.07, 6.45) is 3.90. The molecule has 0 saturated carbocycles. The molecule has 0 amide bonds. The Morgan fingerprint density at radius 3 is 2.69 bits per heavy atom. The molecular weight excluding hydrogens is 332 g/mol. The van der Waals surface area contributed by atoms with Gasteiger partial charge in [0.25, 0.3) is 0 Å². The summed E-state index contributed by atoms with van der Waals surface area (Å²) in [5.41, 5.74) is 1.46. The van der Waals surface area contributed by atoms with E-state index in [0.717, 1.165) is 17.0 Å². The van der Waals surface area contributed by atoms with Crippen LogP contribution >= 0.6 is 0 Å². The highest BCUT2D eigenvalue weighted by atomic mass is 16.6. The van der Waals surface area contributed by atoms with Crippen molar-refractivity contribution in [1.82, 2.24) is 0 Å². The zero-order chi connectivity index (χ0) is 18.7. The topological polar surface area (TPSA) is 64.8 Å². The molecule has 0 N–H and O–H groups in total.